The molecule has 0 aliphatic heterocycles. The molecule has 0 atom stereocenters. The molecule has 134 valence electrons. The van der Waals surface area contributed by atoms with Crippen molar-refractivity contribution in [2.24, 2.45) is 0 Å². The highest BCUT2D eigenvalue weighted by Gasteiger charge is 2.08. The Morgan fingerprint density at radius 1 is 1.15 bits per heavy atom. The minimum Gasteiger partial charge on any atom is -0.484 e. The van der Waals surface area contributed by atoms with Crippen LogP contribution in [0.2, 0.25) is 0 Å². The number of carbonyl (C=O) groups excluding carboxylic acids is 1. The topological polar surface area (TPSA) is 68.5 Å². The van der Waals surface area contributed by atoms with Gasteiger partial charge in [0.2, 0.25) is 0 Å². The SMILES string of the molecule is CCc1cc(=O)oc2cc(OCC(=O)NCc3ccccc3F)ccc12. The third-order valence-corrected chi connectivity index (χ3v) is 3.99. The lowest BCUT2D eigenvalue weighted by Crippen LogP contribution is -2.28. The summed E-state index contributed by atoms with van der Waals surface area (Å²) in [7, 11) is 0. The molecule has 0 aliphatic carbocycles. The van der Waals surface area contributed by atoms with Crippen molar-refractivity contribution in [1.82, 2.24) is 5.32 Å². The Hall–Kier alpha value is -3.15. The number of halogens is 1. The smallest absolute Gasteiger partial charge is 0.336 e. The van der Waals surface area contributed by atoms with Crippen LogP contribution in [0.25, 0.3) is 11.0 Å². The molecule has 1 heterocycles. The zero-order valence-corrected chi connectivity index (χ0v) is 14.3. The summed E-state index contributed by atoms with van der Waals surface area (Å²) in [6.45, 7) is 1.82. The number of carbonyl (C=O) groups is 1. The Morgan fingerprint density at radius 3 is 2.73 bits per heavy atom. The van der Waals surface area contributed by atoms with Crippen molar-refractivity contribution in [3.8, 4) is 5.75 Å². The summed E-state index contributed by atoms with van der Waals surface area (Å²) in [6.07, 6.45) is 0.709. The Morgan fingerprint density at radius 2 is 1.96 bits per heavy atom. The molecule has 0 saturated carbocycles. The number of hydrogen-bond acceptors (Lipinski definition) is 4. The van der Waals surface area contributed by atoms with Crippen molar-refractivity contribution in [3.05, 3.63) is 75.9 Å². The number of amides is 1. The molecular formula is C20H18FNO4. The molecular weight excluding hydrogens is 337 g/mol. The van der Waals surface area contributed by atoms with Crippen LogP contribution in [-0.2, 0) is 17.8 Å². The third-order valence-electron chi connectivity index (χ3n) is 3.99. The maximum absolute atomic E-state index is 13.5. The third kappa shape index (κ3) is 4.08. The zero-order chi connectivity index (χ0) is 18.5. The fourth-order valence-electron chi connectivity index (χ4n) is 2.63. The molecule has 5 nitrogen and oxygen atoms in total. The van der Waals surface area contributed by atoms with E-state index in [0.717, 1.165) is 10.9 Å². The highest BCUT2D eigenvalue weighted by Crippen LogP contribution is 2.23. The average Bonchev–Trinajstić information content (AvgIpc) is 2.64. The van der Waals surface area contributed by atoms with Gasteiger partial charge in [-0.05, 0) is 30.2 Å². The van der Waals surface area contributed by atoms with E-state index in [1.165, 1.54) is 12.1 Å². The summed E-state index contributed by atoms with van der Waals surface area (Å²) in [6, 6.07) is 12.8. The minimum atomic E-state index is -0.422. The van der Waals surface area contributed by atoms with Crippen molar-refractivity contribution < 1.29 is 18.3 Å². The molecule has 0 radical (unpaired) electrons. The molecule has 26 heavy (non-hydrogen) atoms. The molecule has 0 saturated heterocycles. The molecule has 1 aromatic heterocycles. The second kappa shape index (κ2) is 7.82. The maximum Gasteiger partial charge on any atom is 0.336 e. The summed E-state index contributed by atoms with van der Waals surface area (Å²) in [5.74, 6) is -0.336. The van der Waals surface area contributed by atoms with E-state index in [1.54, 1.807) is 36.4 Å². The van der Waals surface area contributed by atoms with E-state index >= 15 is 0 Å². The van der Waals surface area contributed by atoms with Gasteiger partial charge in [0.1, 0.15) is 17.1 Å². The van der Waals surface area contributed by atoms with E-state index in [1.807, 2.05) is 6.92 Å². The summed E-state index contributed by atoms with van der Waals surface area (Å²) in [5.41, 5.74) is 1.29. The van der Waals surface area contributed by atoms with Crippen LogP contribution in [0.1, 0.15) is 18.1 Å². The van der Waals surface area contributed by atoms with Gasteiger partial charge in [-0.2, -0.15) is 0 Å². The van der Waals surface area contributed by atoms with E-state index in [9.17, 15) is 14.0 Å². The number of benzene rings is 2. The largest absolute Gasteiger partial charge is 0.484 e. The van der Waals surface area contributed by atoms with Crippen molar-refractivity contribution in [3.63, 3.8) is 0 Å². The van der Waals surface area contributed by atoms with Gasteiger partial charge in [0.15, 0.2) is 6.61 Å². The van der Waals surface area contributed by atoms with Crippen LogP contribution in [0, 0.1) is 5.82 Å². The Bertz CT molecular complexity index is 997. The first kappa shape index (κ1) is 17.7. The highest BCUT2D eigenvalue weighted by molar-refractivity contribution is 5.82. The van der Waals surface area contributed by atoms with Gasteiger partial charge in [-0.3, -0.25) is 4.79 Å². The number of rotatable bonds is 6. The first-order chi connectivity index (χ1) is 12.6. The van der Waals surface area contributed by atoms with Crippen molar-refractivity contribution in [2.45, 2.75) is 19.9 Å². The van der Waals surface area contributed by atoms with Crippen molar-refractivity contribution in [2.75, 3.05) is 6.61 Å². The van der Waals surface area contributed by atoms with Crippen LogP contribution in [0.3, 0.4) is 0 Å². The van der Waals surface area contributed by atoms with E-state index in [0.29, 0.717) is 23.3 Å². The molecule has 1 amide bonds. The first-order valence-electron chi connectivity index (χ1n) is 8.26. The number of aryl methyl sites for hydroxylation is 1. The molecule has 0 aliphatic rings. The van der Waals surface area contributed by atoms with Crippen LogP contribution in [0.4, 0.5) is 4.39 Å². The molecule has 0 unspecified atom stereocenters. The number of nitrogens with one attached hydrogen (secondary N) is 1. The first-order valence-corrected chi connectivity index (χ1v) is 8.26. The lowest BCUT2D eigenvalue weighted by molar-refractivity contribution is -0.123. The van der Waals surface area contributed by atoms with Gasteiger partial charge >= 0.3 is 5.63 Å². The molecule has 6 heteroatoms. The molecule has 2 aromatic carbocycles. The van der Waals surface area contributed by atoms with Crippen LogP contribution in [0.15, 0.2) is 57.7 Å². The molecule has 0 spiro atoms. The van der Waals surface area contributed by atoms with E-state index < -0.39 is 5.63 Å². The molecule has 0 fully saturated rings. The fraction of sp³-hybridized carbons (Fsp3) is 0.200. The van der Waals surface area contributed by atoms with Gasteiger partial charge < -0.3 is 14.5 Å². The van der Waals surface area contributed by atoms with Crippen molar-refractivity contribution >= 4 is 16.9 Å². The van der Waals surface area contributed by atoms with Gasteiger partial charge in [0.05, 0.1) is 0 Å². The van der Waals surface area contributed by atoms with E-state index in [-0.39, 0.29) is 24.9 Å². The Labute approximate surface area is 149 Å². The summed E-state index contributed by atoms with van der Waals surface area (Å²) in [4.78, 5) is 23.5. The Balaban J connectivity index is 1.63. The molecule has 3 aromatic rings. The maximum atomic E-state index is 13.5. The summed E-state index contributed by atoms with van der Waals surface area (Å²) < 4.78 is 24.1. The van der Waals surface area contributed by atoms with Crippen LogP contribution >= 0.6 is 0 Å². The Kier molecular flexibility index (Phi) is 5.31. The lowest BCUT2D eigenvalue weighted by Gasteiger charge is -2.09. The lowest BCUT2D eigenvalue weighted by atomic mass is 10.1. The monoisotopic (exact) mass is 355 g/mol. The minimum absolute atomic E-state index is 0.0846. The predicted molar refractivity (Wildman–Crippen MR) is 95.6 cm³/mol. The number of hydrogen-bond donors (Lipinski definition) is 1. The van der Waals surface area contributed by atoms with Gasteiger partial charge in [-0.15, -0.1) is 0 Å². The summed E-state index contributed by atoms with van der Waals surface area (Å²) in [5, 5.41) is 3.43. The second-order valence-electron chi connectivity index (χ2n) is 5.76. The quantitative estimate of drug-likeness (QED) is 0.690. The molecule has 1 N–H and O–H groups in total. The number of fused-ring (bicyclic) bond motifs is 1. The van der Waals surface area contributed by atoms with Crippen molar-refractivity contribution in [1.29, 1.82) is 0 Å². The second-order valence-corrected chi connectivity index (χ2v) is 5.76. The molecule has 3 rings (SSSR count). The van der Waals surface area contributed by atoms with Crippen LogP contribution in [-0.4, -0.2) is 12.5 Å². The van der Waals surface area contributed by atoms with Crippen LogP contribution < -0.4 is 15.7 Å². The predicted octanol–water partition coefficient (Wildman–Crippen LogP) is 3.19. The van der Waals surface area contributed by atoms with Crippen LogP contribution in [0.5, 0.6) is 5.75 Å². The highest BCUT2D eigenvalue weighted by atomic mass is 19.1. The zero-order valence-electron chi connectivity index (χ0n) is 14.3. The molecule has 0 bridgehead atoms. The van der Waals surface area contributed by atoms with E-state index in [4.69, 9.17) is 9.15 Å². The normalized spacial score (nSPS) is 10.7. The van der Waals surface area contributed by atoms with Gasteiger partial charge in [-0.1, -0.05) is 25.1 Å². The van der Waals surface area contributed by atoms with Gasteiger partial charge in [0, 0.05) is 29.6 Å². The van der Waals surface area contributed by atoms with Gasteiger partial charge in [0.25, 0.3) is 5.91 Å². The summed E-state index contributed by atoms with van der Waals surface area (Å²) >= 11 is 0. The standard InChI is InChI=1S/C20H18FNO4/c1-2-13-9-20(24)26-18-10-15(7-8-16(13)18)25-12-19(23)22-11-14-5-3-4-6-17(14)21/h3-10H,2,11-12H2,1H3,(H,22,23). The number of ether oxygens (including phenoxy) is 1. The fourth-order valence-corrected chi connectivity index (χ4v) is 2.63. The van der Waals surface area contributed by atoms with Gasteiger partial charge in [-0.25, -0.2) is 9.18 Å². The average molecular weight is 355 g/mol. The van der Waals surface area contributed by atoms with E-state index in [2.05, 4.69) is 5.32 Å².